The zero-order valence-corrected chi connectivity index (χ0v) is 16.2. The van der Waals surface area contributed by atoms with E-state index in [9.17, 15) is 13.2 Å². The van der Waals surface area contributed by atoms with Crippen LogP contribution in [0.15, 0.2) is 59.5 Å². The number of sulfonamides is 1. The lowest BCUT2D eigenvalue weighted by molar-refractivity contribution is -0.116. The molecule has 5 nitrogen and oxygen atoms in total. The van der Waals surface area contributed by atoms with Gasteiger partial charge in [0.05, 0.1) is 4.90 Å². The number of rotatable bonds is 7. The van der Waals surface area contributed by atoms with Crippen LogP contribution in [0.5, 0.6) is 0 Å². The molecular formula is C19H21ClN2O3S. The van der Waals surface area contributed by atoms with Crippen molar-refractivity contribution in [2.24, 2.45) is 0 Å². The topological polar surface area (TPSA) is 66.5 Å². The summed E-state index contributed by atoms with van der Waals surface area (Å²) in [4.78, 5) is 12.1. The van der Waals surface area contributed by atoms with Gasteiger partial charge in [-0.3, -0.25) is 4.79 Å². The summed E-state index contributed by atoms with van der Waals surface area (Å²) < 4.78 is 25.2. The number of carbonyl (C=O) groups excluding carboxylic acids is 1. The molecule has 0 fully saturated rings. The van der Waals surface area contributed by atoms with Gasteiger partial charge in [0.2, 0.25) is 15.9 Å². The third-order valence-corrected chi connectivity index (χ3v) is 5.75. The summed E-state index contributed by atoms with van der Waals surface area (Å²) in [5, 5.41) is 3.47. The molecule has 0 radical (unpaired) electrons. The van der Waals surface area contributed by atoms with Gasteiger partial charge in [0, 0.05) is 31.7 Å². The second-order valence-electron chi connectivity index (χ2n) is 5.86. The quantitative estimate of drug-likeness (QED) is 0.736. The summed E-state index contributed by atoms with van der Waals surface area (Å²) in [5.41, 5.74) is 1.80. The van der Waals surface area contributed by atoms with Crippen LogP contribution in [-0.4, -0.2) is 39.3 Å². The van der Waals surface area contributed by atoms with Gasteiger partial charge in [-0.2, -0.15) is 0 Å². The van der Waals surface area contributed by atoms with Gasteiger partial charge in [-0.05, 0) is 47.9 Å². The van der Waals surface area contributed by atoms with Crippen molar-refractivity contribution in [3.05, 3.63) is 70.8 Å². The summed E-state index contributed by atoms with van der Waals surface area (Å²) in [7, 11) is -0.480. The Kier molecular flexibility index (Phi) is 6.97. The van der Waals surface area contributed by atoms with Crippen LogP contribution in [0, 0.1) is 0 Å². The normalized spacial score (nSPS) is 11.8. The highest BCUT2D eigenvalue weighted by atomic mass is 35.5. The van der Waals surface area contributed by atoms with Crippen molar-refractivity contribution in [2.75, 3.05) is 20.6 Å². The molecule has 0 heterocycles. The number of nitrogens with zero attached hydrogens (tertiary/aromatic N) is 1. The van der Waals surface area contributed by atoms with Crippen molar-refractivity contribution in [1.29, 1.82) is 0 Å². The van der Waals surface area contributed by atoms with Crippen LogP contribution in [0.1, 0.15) is 11.1 Å². The highest BCUT2D eigenvalue weighted by molar-refractivity contribution is 7.89. The monoisotopic (exact) mass is 392 g/mol. The first-order chi connectivity index (χ1) is 12.3. The third kappa shape index (κ3) is 5.69. The van der Waals surface area contributed by atoms with Crippen LogP contribution in [0.4, 0.5) is 0 Å². The first kappa shape index (κ1) is 20.2. The number of hydrogen-bond acceptors (Lipinski definition) is 3. The fourth-order valence-electron chi connectivity index (χ4n) is 2.22. The minimum absolute atomic E-state index is 0.211. The number of carbonyl (C=O) groups is 1. The van der Waals surface area contributed by atoms with Crippen LogP contribution >= 0.6 is 11.6 Å². The highest BCUT2D eigenvalue weighted by Crippen LogP contribution is 2.14. The fourth-order valence-corrected chi connectivity index (χ4v) is 3.33. The molecule has 1 N–H and O–H groups in total. The van der Waals surface area contributed by atoms with Crippen molar-refractivity contribution in [3.63, 3.8) is 0 Å². The Hall–Kier alpha value is -2.15. The average molecular weight is 393 g/mol. The summed E-state index contributed by atoms with van der Waals surface area (Å²) in [6.07, 6.45) is 3.76. The van der Waals surface area contributed by atoms with Crippen LogP contribution in [-0.2, 0) is 21.2 Å². The van der Waals surface area contributed by atoms with Gasteiger partial charge in [0.15, 0.2) is 0 Å². The Morgan fingerprint density at radius 1 is 1.15 bits per heavy atom. The molecule has 0 spiro atoms. The van der Waals surface area contributed by atoms with Crippen molar-refractivity contribution in [3.8, 4) is 0 Å². The maximum Gasteiger partial charge on any atom is 0.244 e. The Bertz CT molecular complexity index is 891. The molecule has 0 saturated carbocycles. The molecule has 1 amide bonds. The van der Waals surface area contributed by atoms with E-state index in [-0.39, 0.29) is 10.8 Å². The van der Waals surface area contributed by atoms with Gasteiger partial charge in [-0.15, -0.1) is 0 Å². The highest BCUT2D eigenvalue weighted by Gasteiger charge is 2.16. The molecule has 2 aromatic rings. The van der Waals surface area contributed by atoms with Crippen LogP contribution in [0.2, 0.25) is 5.02 Å². The lowest BCUT2D eigenvalue weighted by Crippen LogP contribution is -2.23. The first-order valence-corrected chi connectivity index (χ1v) is 9.84. The summed E-state index contributed by atoms with van der Waals surface area (Å²) in [5.74, 6) is -0.211. The van der Waals surface area contributed by atoms with Gasteiger partial charge in [0.1, 0.15) is 0 Å². The van der Waals surface area contributed by atoms with Crippen LogP contribution in [0.3, 0.4) is 0 Å². The van der Waals surface area contributed by atoms with Gasteiger partial charge >= 0.3 is 0 Å². The third-order valence-electron chi connectivity index (χ3n) is 3.69. The van der Waals surface area contributed by atoms with Crippen molar-refractivity contribution in [2.45, 2.75) is 11.3 Å². The summed E-state index contributed by atoms with van der Waals surface area (Å²) in [6, 6.07) is 13.9. The molecule has 0 aliphatic heterocycles. The van der Waals surface area contributed by atoms with E-state index in [1.807, 2.05) is 18.2 Å². The predicted octanol–water partition coefficient (Wildman–Crippen LogP) is 2.96. The number of benzene rings is 2. The molecule has 0 saturated heterocycles. The van der Waals surface area contributed by atoms with Crippen LogP contribution < -0.4 is 5.32 Å². The number of nitrogens with one attached hydrogen (secondary N) is 1. The Morgan fingerprint density at radius 3 is 2.46 bits per heavy atom. The maximum atomic E-state index is 12.0. The van der Waals surface area contributed by atoms with Gasteiger partial charge in [-0.1, -0.05) is 35.9 Å². The summed E-state index contributed by atoms with van der Waals surface area (Å²) >= 11 is 5.92. The SMILES string of the molecule is CN(C)S(=O)(=O)c1ccc(/C=C/C(=O)NCCc2cccc(Cl)c2)cc1. The van der Waals surface area contributed by atoms with E-state index in [0.29, 0.717) is 18.0 Å². The maximum absolute atomic E-state index is 12.0. The number of hydrogen-bond donors (Lipinski definition) is 1. The van der Waals surface area contributed by atoms with Crippen molar-refractivity contribution in [1.82, 2.24) is 9.62 Å². The zero-order valence-electron chi connectivity index (χ0n) is 14.6. The van der Waals surface area contributed by atoms with E-state index in [2.05, 4.69) is 5.32 Å². The Morgan fingerprint density at radius 2 is 1.85 bits per heavy atom. The molecule has 2 rings (SSSR count). The predicted molar refractivity (Wildman–Crippen MR) is 105 cm³/mol. The van der Waals surface area contributed by atoms with Crippen LogP contribution in [0.25, 0.3) is 6.08 Å². The molecule has 7 heteroatoms. The fraction of sp³-hybridized carbons (Fsp3) is 0.211. The van der Waals surface area contributed by atoms with E-state index < -0.39 is 10.0 Å². The standard InChI is InChI=1S/C19H21ClN2O3S/c1-22(2)26(24,25)18-9-6-15(7-10-18)8-11-19(23)21-13-12-16-4-3-5-17(20)14-16/h3-11,14H,12-13H2,1-2H3,(H,21,23)/b11-8+. The van der Waals surface area contributed by atoms with E-state index >= 15 is 0 Å². The van der Waals surface area contributed by atoms with E-state index in [1.165, 1.54) is 32.3 Å². The van der Waals surface area contributed by atoms with Gasteiger partial charge < -0.3 is 5.32 Å². The van der Waals surface area contributed by atoms with Gasteiger partial charge in [0.25, 0.3) is 0 Å². The lowest BCUT2D eigenvalue weighted by Gasteiger charge is -2.11. The lowest BCUT2D eigenvalue weighted by atomic mass is 10.1. The first-order valence-electron chi connectivity index (χ1n) is 8.02. The van der Waals surface area contributed by atoms with E-state index in [1.54, 1.807) is 24.3 Å². The second-order valence-corrected chi connectivity index (χ2v) is 8.45. The molecule has 0 bridgehead atoms. The second kappa shape index (κ2) is 8.98. The Balaban J connectivity index is 1.88. The molecule has 0 aliphatic rings. The van der Waals surface area contributed by atoms with Gasteiger partial charge in [-0.25, -0.2) is 12.7 Å². The molecule has 0 unspecified atom stereocenters. The molecule has 0 aliphatic carbocycles. The Labute approximate surface area is 159 Å². The molecule has 0 atom stereocenters. The molecule has 2 aromatic carbocycles. The zero-order chi connectivity index (χ0) is 19.2. The average Bonchev–Trinajstić information content (AvgIpc) is 2.60. The summed E-state index contributed by atoms with van der Waals surface area (Å²) in [6.45, 7) is 0.504. The number of halogens is 1. The number of amides is 1. The molecule has 0 aromatic heterocycles. The van der Waals surface area contributed by atoms with E-state index in [0.717, 1.165) is 15.4 Å². The minimum atomic E-state index is -3.45. The van der Waals surface area contributed by atoms with Crippen molar-refractivity contribution >= 4 is 33.6 Å². The smallest absolute Gasteiger partial charge is 0.244 e. The molecular weight excluding hydrogens is 372 g/mol. The van der Waals surface area contributed by atoms with Crippen molar-refractivity contribution < 1.29 is 13.2 Å². The molecule has 138 valence electrons. The largest absolute Gasteiger partial charge is 0.352 e. The minimum Gasteiger partial charge on any atom is -0.352 e. The van der Waals surface area contributed by atoms with E-state index in [4.69, 9.17) is 11.6 Å². The molecule has 26 heavy (non-hydrogen) atoms.